The van der Waals surface area contributed by atoms with Gasteiger partial charge in [0.05, 0.1) is 0 Å². The van der Waals surface area contributed by atoms with E-state index in [1.165, 1.54) is 24.9 Å². The van der Waals surface area contributed by atoms with Crippen LogP contribution in [0.25, 0.3) is 0 Å². The van der Waals surface area contributed by atoms with Gasteiger partial charge in [-0.2, -0.15) is 0 Å². The predicted octanol–water partition coefficient (Wildman–Crippen LogP) is 3.11. The molecule has 0 saturated heterocycles. The maximum Gasteiger partial charge on any atom is 0.0444 e. The lowest BCUT2D eigenvalue weighted by atomic mass is 10.2. The van der Waals surface area contributed by atoms with E-state index >= 15 is 0 Å². The van der Waals surface area contributed by atoms with Crippen molar-refractivity contribution in [2.24, 2.45) is 0 Å². The van der Waals surface area contributed by atoms with Gasteiger partial charge in [-0.25, -0.2) is 0 Å². The third kappa shape index (κ3) is 3.49. The van der Waals surface area contributed by atoms with Crippen LogP contribution in [-0.2, 0) is 0 Å². The molecule has 0 spiro atoms. The maximum atomic E-state index is 3.22. The molecule has 0 heterocycles. The number of anilines is 1. The zero-order chi connectivity index (χ0) is 9.52. The molecule has 1 heteroatoms. The minimum absolute atomic E-state index is 1.13. The van der Waals surface area contributed by atoms with Crippen molar-refractivity contribution in [3.63, 3.8) is 0 Å². The molecule has 0 unspecified atom stereocenters. The van der Waals surface area contributed by atoms with Gasteiger partial charge in [-0.05, 0) is 12.5 Å². The predicted molar refractivity (Wildman–Crippen MR) is 58.1 cm³/mol. The van der Waals surface area contributed by atoms with Crippen molar-refractivity contribution in [2.45, 2.75) is 26.2 Å². The molecule has 0 aliphatic rings. The van der Waals surface area contributed by atoms with Gasteiger partial charge in [0.2, 0.25) is 0 Å². The van der Waals surface area contributed by atoms with Crippen LogP contribution in [0.5, 0.6) is 0 Å². The molecule has 0 aliphatic heterocycles. The summed E-state index contributed by atoms with van der Waals surface area (Å²) in [5, 5.41) is 0. The van der Waals surface area contributed by atoms with Crippen molar-refractivity contribution < 1.29 is 0 Å². The van der Waals surface area contributed by atoms with E-state index < -0.39 is 0 Å². The van der Waals surface area contributed by atoms with Crippen molar-refractivity contribution >= 4 is 5.69 Å². The Morgan fingerprint density at radius 3 is 2.77 bits per heavy atom. The molecule has 1 aromatic carbocycles. The Balaban J connectivity index is 2.35. The SMILES string of the molecule is CCCCCN(C)c1[c]cccc1. The molecule has 0 fully saturated rings. The highest BCUT2D eigenvalue weighted by molar-refractivity contribution is 5.43. The number of unbranched alkanes of at least 4 members (excludes halogenated alkanes) is 2. The zero-order valence-corrected chi connectivity index (χ0v) is 8.59. The fraction of sp³-hybridized carbons (Fsp3) is 0.500. The standard InChI is InChI=1S/C12H18N/c1-3-4-8-11-13(2)12-9-6-5-7-10-12/h5-7,9H,3-4,8,11H2,1-2H3. The third-order valence-electron chi connectivity index (χ3n) is 2.20. The highest BCUT2D eigenvalue weighted by atomic mass is 15.1. The summed E-state index contributed by atoms with van der Waals surface area (Å²) in [6.07, 6.45) is 3.87. The Morgan fingerprint density at radius 2 is 2.15 bits per heavy atom. The second kappa shape index (κ2) is 5.63. The van der Waals surface area contributed by atoms with Gasteiger partial charge in [0.15, 0.2) is 0 Å². The molecule has 71 valence electrons. The third-order valence-corrected chi connectivity index (χ3v) is 2.20. The lowest BCUT2D eigenvalue weighted by Gasteiger charge is -2.18. The summed E-state index contributed by atoms with van der Waals surface area (Å²) in [5.74, 6) is 0. The highest BCUT2D eigenvalue weighted by Gasteiger charge is 1.97. The van der Waals surface area contributed by atoms with Crippen molar-refractivity contribution in [3.8, 4) is 0 Å². The van der Waals surface area contributed by atoms with Gasteiger partial charge in [0, 0.05) is 25.3 Å². The number of nitrogens with zero attached hydrogens (tertiary/aromatic N) is 1. The molecule has 0 N–H and O–H groups in total. The van der Waals surface area contributed by atoms with Gasteiger partial charge in [-0.1, -0.05) is 38.0 Å². The summed E-state index contributed by atoms with van der Waals surface area (Å²) in [4.78, 5) is 2.26. The van der Waals surface area contributed by atoms with Crippen LogP contribution in [0.4, 0.5) is 5.69 Å². The van der Waals surface area contributed by atoms with Gasteiger partial charge in [-0.3, -0.25) is 0 Å². The summed E-state index contributed by atoms with van der Waals surface area (Å²) in [6, 6.07) is 11.3. The van der Waals surface area contributed by atoms with Crippen LogP contribution < -0.4 is 4.90 Å². The first kappa shape index (κ1) is 10.1. The summed E-state index contributed by atoms with van der Waals surface area (Å²) in [6.45, 7) is 3.36. The lowest BCUT2D eigenvalue weighted by molar-refractivity contribution is 0.705. The number of hydrogen-bond acceptors (Lipinski definition) is 1. The Hall–Kier alpha value is -0.980. The van der Waals surface area contributed by atoms with Crippen molar-refractivity contribution in [1.29, 1.82) is 0 Å². The minimum Gasteiger partial charge on any atom is -0.374 e. The second-order valence-corrected chi connectivity index (χ2v) is 3.38. The van der Waals surface area contributed by atoms with Crippen LogP contribution in [-0.4, -0.2) is 13.6 Å². The average molecular weight is 176 g/mol. The first-order valence-corrected chi connectivity index (χ1v) is 5.02. The van der Waals surface area contributed by atoms with Crippen LogP contribution >= 0.6 is 0 Å². The summed E-state index contributed by atoms with van der Waals surface area (Å²) in [7, 11) is 2.13. The molecule has 1 nitrogen and oxygen atoms in total. The van der Waals surface area contributed by atoms with Crippen LogP contribution in [0.1, 0.15) is 26.2 Å². The van der Waals surface area contributed by atoms with Crippen LogP contribution in [0.3, 0.4) is 0 Å². The van der Waals surface area contributed by atoms with Crippen molar-refractivity contribution in [1.82, 2.24) is 0 Å². The van der Waals surface area contributed by atoms with E-state index in [0.29, 0.717) is 0 Å². The molecule has 1 radical (unpaired) electrons. The first-order chi connectivity index (χ1) is 6.34. The average Bonchev–Trinajstić information content (AvgIpc) is 2.19. The molecule has 0 aliphatic carbocycles. The Labute approximate surface area is 81.4 Å². The fourth-order valence-corrected chi connectivity index (χ4v) is 1.34. The number of rotatable bonds is 5. The molecular formula is C12H18N. The molecular weight excluding hydrogens is 158 g/mol. The van der Waals surface area contributed by atoms with E-state index in [-0.39, 0.29) is 0 Å². The van der Waals surface area contributed by atoms with Crippen LogP contribution in [0, 0.1) is 6.07 Å². The number of benzene rings is 1. The largest absolute Gasteiger partial charge is 0.374 e. The van der Waals surface area contributed by atoms with Crippen LogP contribution in [0.15, 0.2) is 24.3 Å². The van der Waals surface area contributed by atoms with E-state index in [9.17, 15) is 0 Å². The molecule has 0 saturated carbocycles. The molecule has 1 aromatic rings. The zero-order valence-electron chi connectivity index (χ0n) is 8.59. The van der Waals surface area contributed by atoms with E-state index in [1.807, 2.05) is 12.1 Å². The quantitative estimate of drug-likeness (QED) is 0.623. The molecule has 0 atom stereocenters. The minimum atomic E-state index is 1.13. The Morgan fingerprint density at radius 1 is 1.31 bits per heavy atom. The van der Waals surface area contributed by atoms with Gasteiger partial charge in [0.1, 0.15) is 0 Å². The topological polar surface area (TPSA) is 3.24 Å². The van der Waals surface area contributed by atoms with Crippen molar-refractivity contribution in [2.75, 3.05) is 18.5 Å². The van der Waals surface area contributed by atoms with E-state index in [4.69, 9.17) is 0 Å². The Bertz CT molecular complexity index is 218. The summed E-state index contributed by atoms with van der Waals surface area (Å²) in [5.41, 5.74) is 1.19. The number of hydrogen-bond donors (Lipinski definition) is 0. The molecule has 13 heavy (non-hydrogen) atoms. The summed E-state index contributed by atoms with van der Waals surface area (Å²) >= 11 is 0. The van der Waals surface area contributed by atoms with Gasteiger partial charge >= 0.3 is 0 Å². The first-order valence-electron chi connectivity index (χ1n) is 5.02. The molecule has 0 aromatic heterocycles. The lowest BCUT2D eigenvalue weighted by Crippen LogP contribution is -2.18. The monoisotopic (exact) mass is 176 g/mol. The summed E-state index contributed by atoms with van der Waals surface area (Å²) < 4.78 is 0. The van der Waals surface area contributed by atoms with Gasteiger partial charge in [-0.15, -0.1) is 0 Å². The van der Waals surface area contributed by atoms with E-state index in [0.717, 1.165) is 6.54 Å². The fourth-order valence-electron chi connectivity index (χ4n) is 1.34. The number of para-hydroxylation sites is 1. The molecule has 1 rings (SSSR count). The van der Waals surface area contributed by atoms with Crippen LogP contribution in [0.2, 0.25) is 0 Å². The maximum absolute atomic E-state index is 3.22. The second-order valence-electron chi connectivity index (χ2n) is 3.38. The van der Waals surface area contributed by atoms with Gasteiger partial charge < -0.3 is 4.90 Å². The Kier molecular flexibility index (Phi) is 4.37. The molecule has 0 amide bonds. The van der Waals surface area contributed by atoms with Crippen molar-refractivity contribution in [3.05, 3.63) is 30.3 Å². The van der Waals surface area contributed by atoms with Gasteiger partial charge in [0.25, 0.3) is 0 Å². The van der Waals surface area contributed by atoms with E-state index in [2.05, 4.69) is 37.1 Å². The smallest absolute Gasteiger partial charge is 0.0444 e. The highest BCUT2D eigenvalue weighted by Crippen LogP contribution is 2.10. The van der Waals surface area contributed by atoms with E-state index in [1.54, 1.807) is 0 Å². The normalized spacial score (nSPS) is 10.0. The molecule has 0 bridgehead atoms.